The maximum Gasteiger partial charge on any atom is 0.270 e. The Hall–Kier alpha value is -3.79. The average molecular weight is 498 g/mol. The van der Waals surface area contributed by atoms with Gasteiger partial charge in [0.1, 0.15) is 17.3 Å². The minimum Gasteiger partial charge on any atom is -0.384 e. The molecule has 1 aliphatic carbocycles. The number of pyridine rings is 1. The smallest absolute Gasteiger partial charge is 0.270 e. The number of benzene rings is 1. The minimum atomic E-state index is -0.604. The highest BCUT2D eigenvalue weighted by Gasteiger charge is 2.25. The number of nitrogens with one attached hydrogen (secondary N) is 3. The van der Waals surface area contributed by atoms with E-state index in [0.717, 1.165) is 25.5 Å². The number of rotatable bonds is 5. The molecule has 35 heavy (non-hydrogen) atoms. The van der Waals surface area contributed by atoms with Crippen molar-refractivity contribution in [2.45, 2.75) is 37.8 Å². The number of carbonyl (C=O) groups is 1. The van der Waals surface area contributed by atoms with Crippen LogP contribution in [0.3, 0.4) is 0 Å². The average Bonchev–Trinajstić information content (AvgIpc) is 3.25. The lowest BCUT2D eigenvalue weighted by Crippen LogP contribution is -2.42. The number of aromatic nitrogens is 4. The second-order valence-electron chi connectivity index (χ2n) is 8.53. The molecule has 1 amide bonds. The van der Waals surface area contributed by atoms with Crippen molar-refractivity contribution in [1.29, 1.82) is 0 Å². The quantitative estimate of drug-likeness (QED) is 0.317. The van der Waals surface area contributed by atoms with E-state index in [0.29, 0.717) is 17.4 Å². The molecule has 0 aliphatic heterocycles. The van der Waals surface area contributed by atoms with Gasteiger partial charge in [-0.3, -0.25) is 4.79 Å². The minimum absolute atomic E-state index is 0.0429. The summed E-state index contributed by atoms with van der Waals surface area (Å²) < 4.78 is 28.8. The molecule has 3 heterocycles. The van der Waals surface area contributed by atoms with Gasteiger partial charge in [0.05, 0.1) is 11.7 Å². The molecule has 180 valence electrons. The lowest BCUT2D eigenvalue weighted by Gasteiger charge is -2.30. The van der Waals surface area contributed by atoms with Crippen LogP contribution in [0, 0.1) is 11.6 Å². The van der Waals surface area contributed by atoms with Crippen molar-refractivity contribution >= 4 is 40.0 Å². The first kappa shape index (κ1) is 23.0. The fraction of sp³-hybridized carbons (Fsp3) is 0.250. The second kappa shape index (κ2) is 9.46. The lowest BCUT2D eigenvalue weighted by atomic mass is 9.91. The normalized spacial score (nSPS) is 17.9. The second-order valence-corrected chi connectivity index (χ2v) is 8.97. The highest BCUT2D eigenvalue weighted by Crippen LogP contribution is 2.32. The first-order chi connectivity index (χ1) is 16.9. The number of carbonyl (C=O) groups excluding carboxylic acids is 1. The van der Waals surface area contributed by atoms with Gasteiger partial charge in [-0.15, -0.1) is 0 Å². The number of halogens is 3. The van der Waals surface area contributed by atoms with Gasteiger partial charge in [0, 0.05) is 34.3 Å². The largest absolute Gasteiger partial charge is 0.384 e. The number of hydrogen-bond acceptors (Lipinski definition) is 6. The number of anilines is 2. The van der Waals surface area contributed by atoms with E-state index < -0.39 is 11.6 Å². The van der Waals surface area contributed by atoms with Gasteiger partial charge in [-0.05, 0) is 49.9 Å². The van der Waals surface area contributed by atoms with Crippen molar-refractivity contribution < 1.29 is 13.6 Å². The number of nitrogens with zero attached hydrogens (tertiary/aromatic N) is 3. The standard InChI is InChI=1S/C24H22ClF2N7O/c25-12-7-15-16(10-29-21(15)17(26)8-12)22-30-11-18(27)23(34-22)31-13-3-1-4-14(9-13)32-24(35)19-5-2-6-20(28)33-19/h2,5-8,10-11,13-14,29H,1,3-4,9H2,(H2,28,33)(H,32,35)(H,30,31,34)/t13-,14+/m0/s1. The summed E-state index contributed by atoms with van der Waals surface area (Å²) in [4.78, 5) is 27.9. The third kappa shape index (κ3) is 4.88. The van der Waals surface area contributed by atoms with Crippen molar-refractivity contribution in [2.24, 2.45) is 0 Å². The Bertz CT molecular complexity index is 1410. The lowest BCUT2D eigenvalue weighted by molar-refractivity contribution is 0.0921. The monoisotopic (exact) mass is 497 g/mol. The molecule has 0 unspecified atom stereocenters. The van der Waals surface area contributed by atoms with Crippen LogP contribution in [0.15, 0.2) is 42.7 Å². The highest BCUT2D eigenvalue weighted by atomic mass is 35.5. The topological polar surface area (TPSA) is 122 Å². The van der Waals surface area contributed by atoms with Crippen molar-refractivity contribution in [3.8, 4) is 11.4 Å². The van der Waals surface area contributed by atoms with Gasteiger partial charge in [0.15, 0.2) is 17.5 Å². The fourth-order valence-electron chi connectivity index (χ4n) is 4.42. The van der Waals surface area contributed by atoms with Gasteiger partial charge in [0.25, 0.3) is 5.91 Å². The third-order valence-corrected chi connectivity index (χ3v) is 6.26. The third-order valence-electron chi connectivity index (χ3n) is 6.04. The maximum absolute atomic E-state index is 14.6. The van der Waals surface area contributed by atoms with Gasteiger partial charge in [0.2, 0.25) is 0 Å². The SMILES string of the molecule is Nc1cccc(C(=O)N[C@@H]2CCC[C@H](Nc3nc(-c4c[nH]c5c(F)cc(Cl)cc45)ncc3F)C2)n1. The number of nitrogens with two attached hydrogens (primary N) is 1. The molecule has 0 radical (unpaired) electrons. The van der Waals surface area contributed by atoms with Gasteiger partial charge in [-0.25, -0.2) is 23.7 Å². The Labute approximate surface area is 204 Å². The molecule has 1 aliphatic rings. The van der Waals surface area contributed by atoms with Crippen molar-refractivity contribution in [3.63, 3.8) is 0 Å². The van der Waals surface area contributed by atoms with E-state index in [1.54, 1.807) is 30.5 Å². The van der Waals surface area contributed by atoms with Crippen LogP contribution in [0.4, 0.5) is 20.4 Å². The number of fused-ring (bicyclic) bond motifs is 1. The number of aromatic amines is 1. The summed E-state index contributed by atoms with van der Waals surface area (Å²) in [6.07, 6.45) is 5.66. The van der Waals surface area contributed by atoms with Crippen LogP contribution in [-0.2, 0) is 0 Å². The van der Waals surface area contributed by atoms with Crippen LogP contribution in [-0.4, -0.2) is 37.9 Å². The zero-order valence-corrected chi connectivity index (χ0v) is 19.2. The Morgan fingerprint density at radius 3 is 2.80 bits per heavy atom. The van der Waals surface area contributed by atoms with Gasteiger partial charge in [-0.2, -0.15) is 0 Å². The fourth-order valence-corrected chi connectivity index (χ4v) is 4.63. The van der Waals surface area contributed by atoms with Crippen molar-refractivity contribution in [1.82, 2.24) is 25.3 Å². The summed E-state index contributed by atoms with van der Waals surface area (Å²) in [5.74, 6) is -0.855. The first-order valence-corrected chi connectivity index (χ1v) is 11.5. The van der Waals surface area contributed by atoms with E-state index in [1.807, 2.05) is 0 Å². The summed E-state index contributed by atoms with van der Waals surface area (Å²) in [7, 11) is 0. The Morgan fingerprint density at radius 1 is 1.14 bits per heavy atom. The zero-order chi connectivity index (χ0) is 24.5. The zero-order valence-electron chi connectivity index (χ0n) is 18.5. The Morgan fingerprint density at radius 2 is 1.97 bits per heavy atom. The maximum atomic E-state index is 14.6. The number of nitrogen functional groups attached to an aromatic ring is 1. The molecule has 2 atom stereocenters. The predicted octanol–water partition coefficient (Wildman–Crippen LogP) is 4.69. The van der Waals surface area contributed by atoms with Crippen LogP contribution >= 0.6 is 11.6 Å². The van der Waals surface area contributed by atoms with E-state index in [4.69, 9.17) is 17.3 Å². The molecular formula is C24H22ClF2N7O. The molecule has 11 heteroatoms. The molecule has 0 bridgehead atoms. The molecule has 1 saturated carbocycles. The summed E-state index contributed by atoms with van der Waals surface area (Å²) in [6.45, 7) is 0. The van der Waals surface area contributed by atoms with Crippen LogP contribution in [0.25, 0.3) is 22.3 Å². The van der Waals surface area contributed by atoms with E-state index in [2.05, 4.69) is 30.6 Å². The van der Waals surface area contributed by atoms with Crippen LogP contribution in [0.1, 0.15) is 36.2 Å². The molecule has 8 nitrogen and oxygen atoms in total. The molecule has 1 fully saturated rings. The number of H-pyrrole nitrogens is 1. The van der Waals surface area contributed by atoms with E-state index in [1.165, 1.54) is 6.07 Å². The van der Waals surface area contributed by atoms with Crippen molar-refractivity contribution in [2.75, 3.05) is 11.1 Å². The van der Waals surface area contributed by atoms with E-state index >= 15 is 0 Å². The Kier molecular flexibility index (Phi) is 6.21. The summed E-state index contributed by atoms with van der Waals surface area (Å²) >= 11 is 6.01. The highest BCUT2D eigenvalue weighted by molar-refractivity contribution is 6.31. The molecule has 0 saturated heterocycles. The first-order valence-electron chi connectivity index (χ1n) is 11.2. The number of hydrogen-bond donors (Lipinski definition) is 4. The van der Waals surface area contributed by atoms with Crippen LogP contribution < -0.4 is 16.4 Å². The molecule has 4 aromatic rings. The molecule has 3 aromatic heterocycles. The summed E-state index contributed by atoms with van der Waals surface area (Å²) in [6, 6.07) is 7.48. The van der Waals surface area contributed by atoms with Gasteiger partial charge < -0.3 is 21.4 Å². The van der Waals surface area contributed by atoms with Crippen LogP contribution in [0.5, 0.6) is 0 Å². The van der Waals surface area contributed by atoms with Gasteiger partial charge >= 0.3 is 0 Å². The number of amides is 1. The summed E-state index contributed by atoms with van der Waals surface area (Å²) in [5, 5.41) is 6.87. The molecule has 5 N–H and O–H groups in total. The molecule has 1 aromatic carbocycles. The molecule has 0 spiro atoms. The predicted molar refractivity (Wildman–Crippen MR) is 130 cm³/mol. The molecule has 5 rings (SSSR count). The summed E-state index contributed by atoms with van der Waals surface area (Å²) in [5.41, 5.74) is 6.70. The van der Waals surface area contributed by atoms with E-state index in [9.17, 15) is 13.6 Å². The van der Waals surface area contributed by atoms with E-state index in [-0.39, 0.29) is 51.7 Å². The Balaban J connectivity index is 1.32. The molecular weight excluding hydrogens is 476 g/mol. The van der Waals surface area contributed by atoms with Crippen LogP contribution in [0.2, 0.25) is 5.02 Å². The van der Waals surface area contributed by atoms with Gasteiger partial charge in [-0.1, -0.05) is 17.7 Å². The van der Waals surface area contributed by atoms with Crippen molar-refractivity contribution in [3.05, 3.63) is 65.1 Å².